The Morgan fingerprint density at radius 3 is 2.14 bits per heavy atom. The number of rotatable bonds is 7. The predicted octanol–water partition coefficient (Wildman–Crippen LogP) is 1.02. The highest BCUT2D eigenvalue weighted by molar-refractivity contribution is 5.89. The topological polar surface area (TPSA) is 72.9 Å². The van der Waals surface area contributed by atoms with Crippen LogP contribution in [0.25, 0.3) is 0 Å². The number of hydrogen-bond donors (Lipinski definition) is 2. The summed E-state index contributed by atoms with van der Waals surface area (Å²) in [4.78, 5) is 28.5. The number of amides is 1. The Morgan fingerprint density at radius 1 is 1.18 bits per heavy atom. The molecule has 1 saturated heterocycles. The van der Waals surface area contributed by atoms with Gasteiger partial charge in [0.2, 0.25) is 5.91 Å². The molecular weight excluding hydrogens is 282 g/mol. The van der Waals surface area contributed by atoms with E-state index in [1.54, 1.807) is 0 Å². The lowest BCUT2D eigenvalue weighted by Crippen LogP contribution is -2.62. The smallest absolute Gasteiger partial charge is 0.326 e. The van der Waals surface area contributed by atoms with Gasteiger partial charge in [-0.1, -0.05) is 27.2 Å². The summed E-state index contributed by atoms with van der Waals surface area (Å²) in [6.07, 6.45) is 0.715. The first-order valence-corrected chi connectivity index (χ1v) is 8.25. The number of carboxylic acid groups (broad SMARTS) is 1. The summed E-state index contributed by atoms with van der Waals surface area (Å²) >= 11 is 0. The van der Waals surface area contributed by atoms with Gasteiger partial charge in [0, 0.05) is 26.2 Å². The highest BCUT2D eigenvalue weighted by atomic mass is 16.4. The molecule has 0 radical (unpaired) electrons. The van der Waals surface area contributed by atoms with Crippen molar-refractivity contribution in [1.82, 2.24) is 15.1 Å². The molecular formula is C16H31N3O3. The van der Waals surface area contributed by atoms with Crippen LogP contribution < -0.4 is 5.32 Å². The van der Waals surface area contributed by atoms with Crippen molar-refractivity contribution in [3.63, 3.8) is 0 Å². The first-order chi connectivity index (χ1) is 10.2. The zero-order chi connectivity index (χ0) is 16.9. The van der Waals surface area contributed by atoms with E-state index in [1.807, 2.05) is 27.7 Å². The van der Waals surface area contributed by atoms with Crippen LogP contribution in [-0.4, -0.2) is 71.1 Å². The van der Waals surface area contributed by atoms with Gasteiger partial charge >= 0.3 is 5.97 Å². The highest BCUT2D eigenvalue weighted by Crippen LogP contribution is 2.19. The molecule has 0 saturated carbocycles. The van der Waals surface area contributed by atoms with E-state index in [2.05, 4.69) is 22.0 Å². The summed E-state index contributed by atoms with van der Waals surface area (Å²) < 4.78 is 0. The fraction of sp³-hybridized carbons (Fsp3) is 0.875. The molecule has 22 heavy (non-hydrogen) atoms. The van der Waals surface area contributed by atoms with Crippen molar-refractivity contribution in [3.8, 4) is 0 Å². The highest BCUT2D eigenvalue weighted by Gasteiger charge is 2.38. The number of nitrogens with zero attached hydrogens (tertiary/aromatic N) is 2. The summed E-state index contributed by atoms with van der Waals surface area (Å²) in [5.74, 6) is -1.26. The zero-order valence-corrected chi connectivity index (χ0v) is 14.6. The predicted molar refractivity (Wildman–Crippen MR) is 86.8 cm³/mol. The maximum absolute atomic E-state index is 12.6. The minimum atomic E-state index is -0.964. The maximum Gasteiger partial charge on any atom is 0.326 e. The van der Waals surface area contributed by atoms with E-state index in [-0.39, 0.29) is 11.8 Å². The number of nitrogens with one attached hydrogen (secondary N) is 1. The number of carboxylic acids is 1. The van der Waals surface area contributed by atoms with Crippen LogP contribution in [-0.2, 0) is 9.59 Å². The molecule has 0 aromatic carbocycles. The molecule has 1 aliphatic rings. The van der Waals surface area contributed by atoms with E-state index in [1.165, 1.54) is 0 Å². The minimum absolute atomic E-state index is 0.0887. The van der Waals surface area contributed by atoms with E-state index in [4.69, 9.17) is 0 Å². The van der Waals surface area contributed by atoms with Gasteiger partial charge in [0.05, 0.1) is 5.54 Å². The van der Waals surface area contributed by atoms with Crippen LogP contribution in [0.3, 0.4) is 0 Å². The van der Waals surface area contributed by atoms with E-state index in [0.717, 1.165) is 32.7 Å². The van der Waals surface area contributed by atoms with Crippen molar-refractivity contribution in [1.29, 1.82) is 0 Å². The summed E-state index contributed by atoms with van der Waals surface area (Å²) in [6, 6.07) is -0.825. The van der Waals surface area contributed by atoms with Crippen molar-refractivity contribution in [2.24, 2.45) is 5.92 Å². The molecule has 2 atom stereocenters. The Hall–Kier alpha value is -1.14. The fourth-order valence-electron chi connectivity index (χ4n) is 2.77. The van der Waals surface area contributed by atoms with Crippen LogP contribution in [0.1, 0.15) is 41.0 Å². The van der Waals surface area contributed by atoms with Crippen LogP contribution in [0.4, 0.5) is 0 Å². The van der Waals surface area contributed by atoms with Gasteiger partial charge < -0.3 is 15.3 Å². The van der Waals surface area contributed by atoms with Crippen LogP contribution in [0.5, 0.6) is 0 Å². The number of aliphatic carboxylic acids is 1. The average Bonchev–Trinajstić information content (AvgIpc) is 2.51. The number of carbonyl (C=O) groups excluding carboxylic acids is 1. The van der Waals surface area contributed by atoms with Gasteiger partial charge in [-0.2, -0.15) is 0 Å². The molecule has 128 valence electrons. The standard InChI is InChI=1S/C16H31N3O3/c1-6-12(3)13(14(20)21)17-15(22)16(4,5)19-10-8-18(7-2)9-11-19/h12-13H,6-11H2,1-5H3,(H,17,22)(H,20,21). The Kier molecular flexibility index (Phi) is 6.81. The molecule has 2 unspecified atom stereocenters. The first-order valence-electron chi connectivity index (χ1n) is 8.25. The number of piperazine rings is 1. The average molecular weight is 313 g/mol. The number of likely N-dealkylation sites (N-methyl/N-ethyl adjacent to an activating group) is 1. The second-order valence-corrected chi connectivity index (χ2v) is 6.66. The van der Waals surface area contributed by atoms with Crippen molar-refractivity contribution in [3.05, 3.63) is 0 Å². The summed E-state index contributed by atoms with van der Waals surface area (Å²) in [6.45, 7) is 14.2. The van der Waals surface area contributed by atoms with Crippen molar-refractivity contribution >= 4 is 11.9 Å². The maximum atomic E-state index is 12.6. The second kappa shape index (κ2) is 7.92. The Labute approximate surface area is 133 Å². The van der Waals surface area contributed by atoms with Gasteiger partial charge in [0.1, 0.15) is 6.04 Å². The molecule has 2 N–H and O–H groups in total. The molecule has 1 heterocycles. The lowest BCUT2D eigenvalue weighted by atomic mass is 9.95. The van der Waals surface area contributed by atoms with Crippen LogP contribution in [0.15, 0.2) is 0 Å². The van der Waals surface area contributed by atoms with Crippen LogP contribution >= 0.6 is 0 Å². The lowest BCUT2D eigenvalue weighted by molar-refractivity contribution is -0.146. The largest absolute Gasteiger partial charge is 0.480 e. The second-order valence-electron chi connectivity index (χ2n) is 6.66. The van der Waals surface area contributed by atoms with Gasteiger partial charge in [-0.3, -0.25) is 9.69 Å². The van der Waals surface area contributed by atoms with Crippen LogP contribution in [0, 0.1) is 5.92 Å². The molecule has 0 aliphatic carbocycles. The van der Waals surface area contributed by atoms with E-state index >= 15 is 0 Å². The third-order valence-corrected chi connectivity index (χ3v) is 4.93. The minimum Gasteiger partial charge on any atom is -0.480 e. The first kappa shape index (κ1) is 18.9. The van der Waals surface area contributed by atoms with Gasteiger partial charge in [0.25, 0.3) is 0 Å². The molecule has 6 heteroatoms. The van der Waals surface area contributed by atoms with Crippen molar-refractivity contribution in [2.45, 2.75) is 52.6 Å². The fourth-order valence-corrected chi connectivity index (χ4v) is 2.77. The summed E-state index contributed by atoms with van der Waals surface area (Å²) in [5, 5.41) is 12.1. The SMILES string of the molecule is CCC(C)C(NC(=O)C(C)(C)N1CCN(CC)CC1)C(=O)O. The molecule has 1 aliphatic heterocycles. The Balaban J connectivity index is 2.71. The molecule has 1 amide bonds. The van der Waals surface area contributed by atoms with E-state index < -0.39 is 17.6 Å². The zero-order valence-electron chi connectivity index (χ0n) is 14.6. The summed E-state index contributed by atoms with van der Waals surface area (Å²) in [5.41, 5.74) is -0.693. The van der Waals surface area contributed by atoms with Gasteiger partial charge in [-0.15, -0.1) is 0 Å². The molecule has 0 aromatic rings. The molecule has 6 nitrogen and oxygen atoms in total. The normalized spacial score (nSPS) is 20.4. The molecule has 0 spiro atoms. The van der Waals surface area contributed by atoms with Gasteiger partial charge in [0.15, 0.2) is 0 Å². The lowest BCUT2D eigenvalue weighted by Gasteiger charge is -2.43. The molecule has 1 rings (SSSR count). The van der Waals surface area contributed by atoms with Crippen LogP contribution in [0.2, 0.25) is 0 Å². The van der Waals surface area contributed by atoms with Crippen molar-refractivity contribution in [2.75, 3.05) is 32.7 Å². The Bertz CT molecular complexity index is 390. The number of carbonyl (C=O) groups is 2. The number of hydrogen-bond acceptors (Lipinski definition) is 4. The quantitative estimate of drug-likeness (QED) is 0.734. The third-order valence-electron chi connectivity index (χ3n) is 4.93. The summed E-state index contributed by atoms with van der Waals surface area (Å²) in [7, 11) is 0. The van der Waals surface area contributed by atoms with Gasteiger partial charge in [-0.05, 0) is 26.3 Å². The Morgan fingerprint density at radius 2 is 1.73 bits per heavy atom. The van der Waals surface area contributed by atoms with Crippen molar-refractivity contribution < 1.29 is 14.7 Å². The monoisotopic (exact) mass is 313 g/mol. The molecule has 0 aromatic heterocycles. The van der Waals surface area contributed by atoms with Gasteiger partial charge in [-0.25, -0.2) is 4.79 Å². The third kappa shape index (κ3) is 4.43. The molecule has 1 fully saturated rings. The molecule has 0 bridgehead atoms. The van der Waals surface area contributed by atoms with E-state index in [0.29, 0.717) is 6.42 Å². The van der Waals surface area contributed by atoms with E-state index in [9.17, 15) is 14.7 Å².